The lowest BCUT2D eigenvalue weighted by atomic mass is 10.1. The highest BCUT2D eigenvalue weighted by molar-refractivity contribution is 5.91. The smallest absolute Gasteiger partial charge is 0.277 e. The van der Waals surface area contributed by atoms with Crippen LogP contribution in [0.15, 0.2) is 23.0 Å². The molecule has 25 heavy (non-hydrogen) atoms. The molecular weight excluding hydrogens is 318 g/mol. The van der Waals surface area contributed by atoms with Crippen molar-refractivity contribution in [3.05, 3.63) is 56.8 Å². The van der Waals surface area contributed by atoms with Gasteiger partial charge in [-0.2, -0.15) is 9.50 Å². The van der Waals surface area contributed by atoms with Crippen molar-refractivity contribution in [2.45, 2.75) is 40.5 Å². The molecule has 0 bridgehead atoms. The number of amides is 1. The number of aromatic amines is 1. The molecule has 2 N–H and O–H groups in total. The quantitative estimate of drug-likeness (QED) is 0.762. The van der Waals surface area contributed by atoms with Gasteiger partial charge in [0.1, 0.15) is 5.82 Å². The van der Waals surface area contributed by atoms with Crippen molar-refractivity contribution in [2.75, 3.05) is 5.32 Å². The summed E-state index contributed by atoms with van der Waals surface area (Å²) in [7, 11) is 0. The molecule has 0 aliphatic heterocycles. The molecule has 0 aliphatic rings. The molecule has 1 aromatic carbocycles. The highest BCUT2D eigenvalue weighted by Gasteiger charge is 2.14. The Morgan fingerprint density at radius 3 is 2.48 bits per heavy atom. The van der Waals surface area contributed by atoms with Crippen LogP contribution in [0.5, 0.6) is 0 Å². The number of rotatable bonds is 4. The Labute approximate surface area is 145 Å². The van der Waals surface area contributed by atoms with Crippen molar-refractivity contribution in [3.8, 4) is 0 Å². The molecule has 3 rings (SSSR count). The van der Waals surface area contributed by atoms with Crippen molar-refractivity contribution < 1.29 is 4.79 Å². The summed E-state index contributed by atoms with van der Waals surface area (Å²) in [5.41, 5.74) is 3.88. The van der Waals surface area contributed by atoms with Crippen molar-refractivity contribution in [1.82, 2.24) is 19.6 Å². The van der Waals surface area contributed by atoms with Gasteiger partial charge >= 0.3 is 0 Å². The first kappa shape index (κ1) is 16.9. The second-order valence-electron chi connectivity index (χ2n) is 6.35. The van der Waals surface area contributed by atoms with E-state index in [1.54, 1.807) is 13.8 Å². The Morgan fingerprint density at radius 2 is 1.80 bits per heavy atom. The predicted molar refractivity (Wildman–Crippen MR) is 95.9 cm³/mol. The third-order valence-electron chi connectivity index (χ3n) is 4.01. The van der Waals surface area contributed by atoms with Crippen molar-refractivity contribution in [2.24, 2.45) is 0 Å². The fourth-order valence-corrected chi connectivity index (χ4v) is 2.96. The Morgan fingerprint density at radius 1 is 1.12 bits per heavy atom. The van der Waals surface area contributed by atoms with Crippen LogP contribution < -0.4 is 10.9 Å². The van der Waals surface area contributed by atoms with Crippen LogP contribution in [-0.4, -0.2) is 25.5 Å². The first-order valence-electron chi connectivity index (χ1n) is 8.16. The highest BCUT2D eigenvalue weighted by Crippen LogP contribution is 2.14. The zero-order chi connectivity index (χ0) is 18.1. The monoisotopic (exact) mass is 339 g/mol. The largest absolute Gasteiger partial charge is 0.326 e. The van der Waals surface area contributed by atoms with E-state index in [2.05, 4.69) is 20.4 Å². The predicted octanol–water partition coefficient (Wildman–Crippen LogP) is 2.22. The molecule has 2 heterocycles. The molecule has 1 amide bonds. The van der Waals surface area contributed by atoms with Crippen molar-refractivity contribution in [3.63, 3.8) is 0 Å². The number of hydrogen-bond acceptors (Lipinski definition) is 4. The Kier molecular flexibility index (Phi) is 4.39. The summed E-state index contributed by atoms with van der Waals surface area (Å²) < 4.78 is 1.32. The lowest BCUT2D eigenvalue weighted by Gasteiger charge is -2.08. The molecular formula is C18H21N5O2. The van der Waals surface area contributed by atoms with Crippen LogP contribution in [0.2, 0.25) is 0 Å². The van der Waals surface area contributed by atoms with Crippen LogP contribution in [-0.2, 0) is 11.2 Å². The van der Waals surface area contributed by atoms with Gasteiger partial charge in [0.25, 0.3) is 11.3 Å². The number of fused-ring (bicyclic) bond motifs is 1. The summed E-state index contributed by atoms with van der Waals surface area (Å²) in [6.07, 6.45) is 0.541. The average Bonchev–Trinajstić information content (AvgIpc) is 2.86. The summed E-state index contributed by atoms with van der Waals surface area (Å²) in [6, 6.07) is 5.89. The number of nitrogens with zero attached hydrogens (tertiary/aromatic N) is 3. The van der Waals surface area contributed by atoms with Gasteiger partial charge < -0.3 is 5.32 Å². The topological polar surface area (TPSA) is 92.2 Å². The third-order valence-corrected chi connectivity index (χ3v) is 4.01. The van der Waals surface area contributed by atoms with E-state index in [1.165, 1.54) is 4.52 Å². The summed E-state index contributed by atoms with van der Waals surface area (Å²) in [5, 5.41) is 5.75. The molecule has 0 fully saturated rings. The number of aryl methyl sites for hydroxylation is 4. The maximum absolute atomic E-state index is 12.5. The van der Waals surface area contributed by atoms with E-state index in [1.807, 2.05) is 32.0 Å². The normalized spacial score (nSPS) is 11.0. The first-order chi connectivity index (χ1) is 11.8. The molecule has 130 valence electrons. The van der Waals surface area contributed by atoms with Gasteiger partial charge in [0.15, 0.2) is 0 Å². The zero-order valence-electron chi connectivity index (χ0n) is 14.8. The molecule has 0 atom stereocenters. The molecule has 7 heteroatoms. The maximum atomic E-state index is 12.5. The number of anilines is 1. The number of hydrogen-bond donors (Lipinski definition) is 2. The van der Waals surface area contributed by atoms with Gasteiger partial charge in [-0.05, 0) is 57.4 Å². The van der Waals surface area contributed by atoms with Crippen LogP contribution in [0.25, 0.3) is 5.78 Å². The minimum absolute atomic E-state index is 0.130. The van der Waals surface area contributed by atoms with Gasteiger partial charge in [-0.3, -0.25) is 14.7 Å². The number of carbonyl (C=O) groups excluding carboxylic acids is 1. The minimum Gasteiger partial charge on any atom is -0.326 e. The number of carbonyl (C=O) groups is 1. The van der Waals surface area contributed by atoms with Gasteiger partial charge in [0.05, 0.1) is 5.69 Å². The van der Waals surface area contributed by atoms with Gasteiger partial charge in [-0.1, -0.05) is 6.07 Å². The number of H-pyrrole nitrogens is 1. The van der Waals surface area contributed by atoms with Crippen molar-refractivity contribution >= 4 is 17.4 Å². The van der Waals surface area contributed by atoms with E-state index in [0.29, 0.717) is 29.3 Å². The van der Waals surface area contributed by atoms with Gasteiger partial charge in [-0.15, -0.1) is 0 Å². The molecule has 0 saturated heterocycles. The molecule has 0 aliphatic carbocycles. The van der Waals surface area contributed by atoms with Crippen LogP contribution in [0.4, 0.5) is 5.69 Å². The third kappa shape index (κ3) is 3.60. The van der Waals surface area contributed by atoms with Gasteiger partial charge in [0, 0.05) is 17.7 Å². The van der Waals surface area contributed by atoms with Crippen LogP contribution in [0.3, 0.4) is 0 Å². The van der Waals surface area contributed by atoms with E-state index < -0.39 is 0 Å². The summed E-state index contributed by atoms with van der Waals surface area (Å²) in [5.74, 6) is 0.840. The van der Waals surface area contributed by atoms with Crippen LogP contribution in [0, 0.1) is 27.7 Å². The van der Waals surface area contributed by atoms with Crippen LogP contribution >= 0.6 is 0 Å². The molecule has 0 saturated carbocycles. The lowest BCUT2D eigenvalue weighted by Crippen LogP contribution is -2.23. The van der Waals surface area contributed by atoms with E-state index in [9.17, 15) is 9.59 Å². The Balaban J connectivity index is 1.76. The van der Waals surface area contributed by atoms with Gasteiger partial charge in [-0.25, -0.2) is 4.98 Å². The standard InChI is InChI=1S/C18H21N5O2/c1-10-7-11(2)9-14(8-10)21-16(24)6-5-15-12(3)19-18-20-13(4)22-23(18)17(15)25/h7-9H,5-6H2,1-4H3,(H,21,24)(H,19,20,22). The summed E-state index contributed by atoms with van der Waals surface area (Å²) in [6.45, 7) is 7.50. The first-order valence-corrected chi connectivity index (χ1v) is 8.16. The fourth-order valence-electron chi connectivity index (χ4n) is 2.96. The second kappa shape index (κ2) is 6.51. The van der Waals surface area contributed by atoms with Crippen molar-refractivity contribution in [1.29, 1.82) is 0 Å². The molecule has 7 nitrogen and oxygen atoms in total. The number of nitrogens with one attached hydrogen (secondary N) is 2. The lowest BCUT2D eigenvalue weighted by molar-refractivity contribution is -0.116. The molecule has 0 radical (unpaired) electrons. The SMILES string of the molecule is Cc1cc(C)cc(NC(=O)CCc2c(C)nc3nc(C)[nH]n3c2=O)c1. The van der Waals surface area contributed by atoms with E-state index >= 15 is 0 Å². The Hall–Kier alpha value is -2.96. The van der Waals surface area contributed by atoms with E-state index in [4.69, 9.17) is 0 Å². The fraction of sp³-hybridized carbons (Fsp3) is 0.333. The van der Waals surface area contributed by atoms with E-state index in [-0.39, 0.29) is 17.9 Å². The Bertz CT molecular complexity index is 996. The maximum Gasteiger partial charge on any atom is 0.277 e. The molecule has 3 aromatic rings. The van der Waals surface area contributed by atoms with E-state index in [0.717, 1.165) is 16.8 Å². The summed E-state index contributed by atoms with van der Waals surface area (Å²) >= 11 is 0. The van der Waals surface area contributed by atoms with Gasteiger partial charge in [0.2, 0.25) is 5.91 Å². The summed E-state index contributed by atoms with van der Waals surface area (Å²) in [4.78, 5) is 33.3. The molecule has 2 aromatic heterocycles. The number of aromatic nitrogens is 4. The highest BCUT2D eigenvalue weighted by atomic mass is 16.1. The zero-order valence-corrected chi connectivity index (χ0v) is 14.8. The average molecular weight is 339 g/mol. The number of benzene rings is 1. The second-order valence-corrected chi connectivity index (χ2v) is 6.35. The molecule has 0 unspecified atom stereocenters. The molecule has 0 spiro atoms. The van der Waals surface area contributed by atoms with Crippen LogP contribution in [0.1, 0.15) is 34.6 Å². The minimum atomic E-state index is -0.206.